The summed E-state index contributed by atoms with van der Waals surface area (Å²) in [6, 6.07) is 0.232. The highest BCUT2D eigenvalue weighted by Crippen LogP contribution is 2.41. The van der Waals surface area contributed by atoms with Crippen molar-refractivity contribution >= 4 is 11.8 Å². The third-order valence-electron chi connectivity index (χ3n) is 4.57. The predicted octanol–water partition coefficient (Wildman–Crippen LogP) is 1.94. The van der Waals surface area contributed by atoms with Crippen molar-refractivity contribution in [2.45, 2.75) is 57.3 Å². The smallest absolute Gasteiger partial charge is 0.0715 e. The Kier molecular flexibility index (Phi) is 5.96. The SMILES string of the molecule is CCOC(C)C(NN)C1CCOC2(CCSCC2)C1. The van der Waals surface area contributed by atoms with Crippen LogP contribution in [0.25, 0.3) is 0 Å². The summed E-state index contributed by atoms with van der Waals surface area (Å²) in [4.78, 5) is 0. The van der Waals surface area contributed by atoms with Crippen LogP contribution < -0.4 is 11.3 Å². The maximum absolute atomic E-state index is 6.15. The Morgan fingerprint density at radius 2 is 2.21 bits per heavy atom. The first-order chi connectivity index (χ1) is 9.21. The van der Waals surface area contributed by atoms with Crippen molar-refractivity contribution in [3.8, 4) is 0 Å². The van der Waals surface area contributed by atoms with Gasteiger partial charge < -0.3 is 9.47 Å². The fraction of sp³-hybridized carbons (Fsp3) is 1.00. The van der Waals surface area contributed by atoms with Crippen LogP contribution in [0.15, 0.2) is 0 Å². The molecule has 5 heteroatoms. The van der Waals surface area contributed by atoms with Gasteiger partial charge in [-0.3, -0.25) is 11.3 Å². The van der Waals surface area contributed by atoms with Crippen molar-refractivity contribution in [3.05, 3.63) is 0 Å². The minimum absolute atomic E-state index is 0.120. The summed E-state index contributed by atoms with van der Waals surface area (Å²) < 4.78 is 11.9. The maximum Gasteiger partial charge on any atom is 0.0715 e. The molecule has 2 saturated heterocycles. The van der Waals surface area contributed by atoms with E-state index < -0.39 is 0 Å². The quantitative estimate of drug-likeness (QED) is 0.598. The zero-order valence-electron chi connectivity index (χ0n) is 12.2. The van der Waals surface area contributed by atoms with Crippen LogP contribution in [0.5, 0.6) is 0 Å². The molecular formula is C14H28N2O2S. The Balaban J connectivity index is 1.98. The average molecular weight is 288 g/mol. The Hall–Kier alpha value is 0.190. The van der Waals surface area contributed by atoms with Gasteiger partial charge in [0.25, 0.3) is 0 Å². The Morgan fingerprint density at radius 3 is 2.84 bits per heavy atom. The molecule has 2 rings (SSSR count). The third kappa shape index (κ3) is 3.85. The zero-order valence-corrected chi connectivity index (χ0v) is 13.0. The predicted molar refractivity (Wildman–Crippen MR) is 80.2 cm³/mol. The van der Waals surface area contributed by atoms with Crippen LogP contribution in [-0.4, -0.2) is 42.5 Å². The molecule has 1 spiro atoms. The molecule has 2 aliphatic heterocycles. The number of hydrazine groups is 1. The van der Waals surface area contributed by atoms with Crippen LogP contribution >= 0.6 is 11.8 Å². The first-order valence-corrected chi connectivity index (χ1v) is 8.65. The highest BCUT2D eigenvalue weighted by molar-refractivity contribution is 7.99. The highest BCUT2D eigenvalue weighted by Gasteiger charge is 2.42. The largest absolute Gasteiger partial charge is 0.377 e. The molecule has 3 N–H and O–H groups in total. The normalized spacial score (nSPS) is 30.2. The first-order valence-electron chi connectivity index (χ1n) is 7.50. The van der Waals surface area contributed by atoms with E-state index in [0.717, 1.165) is 26.1 Å². The van der Waals surface area contributed by atoms with E-state index in [9.17, 15) is 0 Å². The van der Waals surface area contributed by atoms with E-state index in [1.54, 1.807) is 0 Å². The monoisotopic (exact) mass is 288 g/mol. The molecule has 2 fully saturated rings. The van der Waals surface area contributed by atoms with E-state index in [2.05, 4.69) is 12.3 Å². The molecule has 0 bridgehead atoms. The fourth-order valence-electron chi connectivity index (χ4n) is 3.49. The van der Waals surface area contributed by atoms with Gasteiger partial charge >= 0.3 is 0 Å². The molecule has 0 amide bonds. The van der Waals surface area contributed by atoms with Crippen molar-refractivity contribution in [3.63, 3.8) is 0 Å². The number of thioether (sulfide) groups is 1. The van der Waals surface area contributed by atoms with Crippen molar-refractivity contribution < 1.29 is 9.47 Å². The van der Waals surface area contributed by atoms with E-state index >= 15 is 0 Å². The van der Waals surface area contributed by atoms with Gasteiger partial charge in [-0.15, -0.1) is 0 Å². The number of hydrogen-bond acceptors (Lipinski definition) is 5. The minimum Gasteiger partial charge on any atom is -0.377 e. The Labute approximate surface area is 121 Å². The molecule has 3 unspecified atom stereocenters. The first kappa shape index (κ1) is 15.6. The van der Waals surface area contributed by atoms with Gasteiger partial charge in [-0.25, -0.2) is 0 Å². The van der Waals surface area contributed by atoms with E-state index in [-0.39, 0.29) is 17.7 Å². The molecule has 0 aromatic carbocycles. The molecule has 2 aliphatic rings. The molecule has 0 aliphatic carbocycles. The number of nitrogens with two attached hydrogens (primary N) is 1. The van der Waals surface area contributed by atoms with Gasteiger partial charge in [0.1, 0.15) is 0 Å². The lowest BCUT2D eigenvalue weighted by molar-refractivity contribution is -0.115. The van der Waals surface area contributed by atoms with Gasteiger partial charge in [0, 0.05) is 19.3 Å². The van der Waals surface area contributed by atoms with E-state index in [0.29, 0.717) is 5.92 Å². The van der Waals surface area contributed by atoms with E-state index in [1.807, 2.05) is 18.7 Å². The standard InChI is InChI=1S/C14H28N2O2S/c1-3-17-11(2)13(16-15)12-4-7-18-14(10-12)5-8-19-9-6-14/h11-13,16H,3-10,15H2,1-2H3. The Morgan fingerprint density at radius 1 is 1.47 bits per heavy atom. The molecule has 0 aromatic heterocycles. The molecule has 0 radical (unpaired) electrons. The highest BCUT2D eigenvalue weighted by atomic mass is 32.2. The topological polar surface area (TPSA) is 56.5 Å². The average Bonchev–Trinajstić information content (AvgIpc) is 2.41. The molecule has 4 nitrogen and oxygen atoms in total. The maximum atomic E-state index is 6.15. The van der Waals surface area contributed by atoms with Crippen LogP contribution in [-0.2, 0) is 9.47 Å². The lowest BCUT2D eigenvalue weighted by atomic mass is 9.77. The van der Waals surface area contributed by atoms with Crippen molar-refractivity contribution in [2.24, 2.45) is 11.8 Å². The van der Waals surface area contributed by atoms with Crippen LogP contribution in [0.2, 0.25) is 0 Å². The second kappa shape index (κ2) is 7.27. The van der Waals surface area contributed by atoms with E-state index in [1.165, 1.54) is 24.3 Å². The summed E-state index contributed by atoms with van der Waals surface area (Å²) in [5.74, 6) is 8.80. The molecule has 0 aromatic rings. The van der Waals surface area contributed by atoms with Gasteiger partial charge in [-0.05, 0) is 57.0 Å². The van der Waals surface area contributed by atoms with Crippen LogP contribution in [0.4, 0.5) is 0 Å². The minimum atomic E-state index is 0.120. The summed E-state index contributed by atoms with van der Waals surface area (Å²) in [5, 5.41) is 0. The number of hydrogen-bond donors (Lipinski definition) is 2. The Bertz CT molecular complexity index is 267. The zero-order chi connectivity index (χ0) is 13.7. The number of nitrogens with one attached hydrogen (secondary N) is 1. The van der Waals surface area contributed by atoms with Gasteiger partial charge in [0.15, 0.2) is 0 Å². The molecule has 19 heavy (non-hydrogen) atoms. The van der Waals surface area contributed by atoms with Gasteiger partial charge in [-0.1, -0.05) is 0 Å². The van der Waals surface area contributed by atoms with Crippen LogP contribution in [0.3, 0.4) is 0 Å². The number of rotatable bonds is 5. The van der Waals surface area contributed by atoms with Crippen LogP contribution in [0.1, 0.15) is 39.5 Å². The summed E-state index contributed by atoms with van der Waals surface area (Å²) in [7, 11) is 0. The van der Waals surface area contributed by atoms with Gasteiger partial charge in [0.2, 0.25) is 0 Å². The molecular weight excluding hydrogens is 260 g/mol. The number of ether oxygens (including phenoxy) is 2. The summed E-state index contributed by atoms with van der Waals surface area (Å²) in [6.07, 6.45) is 4.75. The van der Waals surface area contributed by atoms with Crippen LogP contribution in [0, 0.1) is 5.92 Å². The van der Waals surface area contributed by atoms with Gasteiger partial charge in [0.05, 0.1) is 11.7 Å². The lowest BCUT2D eigenvalue weighted by Crippen LogP contribution is -2.54. The van der Waals surface area contributed by atoms with Gasteiger partial charge in [-0.2, -0.15) is 11.8 Å². The summed E-state index contributed by atoms with van der Waals surface area (Å²) in [6.45, 7) is 5.76. The molecule has 0 saturated carbocycles. The molecule has 2 heterocycles. The second-order valence-electron chi connectivity index (χ2n) is 5.75. The van der Waals surface area contributed by atoms with Crippen molar-refractivity contribution in [1.82, 2.24) is 5.43 Å². The molecule has 112 valence electrons. The fourth-order valence-corrected chi connectivity index (χ4v) is 4.72. The summed E-state index contributed by atoms with van der Waals surface area (Å²) >= 11 is 2.05. The third-order valence-corrected chi connectivity index (χ3v) is 5.56. The summed E-state index contributed by atoms with van der Waals surface area (Å²) in [5.41, 5.74) is 3.11. The second-order valence-corrected chi connectivity index (χ2v) is 6.97. The molecule has 3 atom stereocenters. The van der Waals surface area contributed by atoms with Crippen molar-refractivity contribution in [1.29, 1.82) is 0 Å². The van der Waals surface area contributed by atoms with E-state index in [4.69, 9.17) is 15.3 Å². The van der Waals surface area contributed by atoms with Crippen molar-refractivity contribution in [2.75, 3.05) is 24.7 Å². The lowest BCUT2D eigenvalue weighted by Gasteiger charge is -2.46.